The van der Waals surface area contributed by atoms with Crippen LogP contribution in [0.1, 0.15) is 34.0 Å². The third-order valence-corrected chi connectivity index (χ3v) is 3.25. The van der Waals surface area contributed by atoms with Crippen molar-refractivity contribution in [3.8, 4) is 11.5 Å². The van der Waals surface area contributed by atoms with Gasteiger partial charge in [-0.15, -0.1) is 0 Å². The van der Waals surface area contributed by atoms with Crippen molar-refractivity contribution in [1.29, 1.82) is 0 Å². The maximum absolute atomic E-state index is 11.2. The molecule has 98 valence electrons. The molecule has 0 aliphatic heterocycles. The van der Waals surface area contributed by atoms with Crippen LogP contribution in [0.2, 0.25) is 0 Å². The maximum Gasteiger partial charge on any atom is 0.159 e. The molecule has 0 fully saturated rings. The van der Waals surface area contributed by atoms with Crippen molar-refractivity contribution >= 4 is 5.78 Å². The van der Waals surface area contributed by atoms with Crippen LogP contribution in [-0.2, 0) is 0 Å². The Kier molecular flexibility index (Phi) is 3.70. The highest BCUT2D eigenvalue weighted by molar-refractivity contribution is 5.94. The van der Waals surface area contributed by atoms with E-state index in [1.54, 1.807) is 19.1 Å². The summed E-state index contributed by atoms with van der Waals surface area (Å²) in [6.45, 7) is 7.74. The summed E-state index contributed by atoms with van der Waals surface area (Å²) in [5.41, 5.74) is 4.24. The third-order valence-electron chi connectivity index (χ3n) is 3.25. The van der Waals surface area contributed by atoms with E-state index >= 15 is 0 Å². The first-order valence-electron chi connectivity index (χ1n) is 6.34. The minimum absolute atomic E-state index is 0.0640. The van der Waals surface area contributed by atoms with E-state index in [2.05, 4.69) is 19.9 Å². The molecule has 0 saturated heterocycles. The standard InChI is InChI=1S/C17H18O2/c1-11-9-12(2)13(3)17(10-11)19-16-7-5-15(6-8-16)14(4)18/h5-10H,1-4H3. The lowest BCUT2D eigenvalue weighted by atomic mass is 10.1. The van der Waals surface area contributed by atoms with Crippen LogP contribution in [0.5, 0.6) is 11.5 Å². The molecule has 0 atom stereocenters. The number of carbonyl (C=O) groups is 1. The van der Waals surface area contributed by atoms with Crippen LogP contribution in [0.15, 0.2) is 36.4 Å². The first kappa shape index (κ1) is 13.3. The summed E-state index contributed by atoms with van der Waals surface area (Å²) in [4.78, 5) is 11.2. The molecule has 2 heteroatoms. The smallest absolute Gasteiger partial charge is 0.159 e. The zero-order valence-corrected chi connectivity index (χ0v) is 11.8. The summed E-state index contributed by atoms with van der Waals surface area (Å²) in [6.07, 6.45) is 0. The number of aryl methyl sites for hydroxylation is 2. The number of benzene rings is 2. The summed E-state index contributed by atoms with van der Waals surface area (Å²) in [5, 5.41) is 0. The van der Waals surface area contributed by atoms with Crippen LogP contribution in [0.4, 0.5) is 0 Å². The minimum Gasteiger partial charge on any atom is -0.457 e. The number of ketones is 1. The van der Waals surface area contributed by atoms with Crippen LogP contribution < -0.4 is 4.74 Å². The predicted molar refractivity (Wildman–Crippen MR) is 77.2 cm³/mol. The number of ether oxygens (including phenoxy) is 1. The van der Waals surface area contributed by atoms with Crippen LogP contribution in [-0.4, -0.2) is 5.78 Å². The van der Waals surface area contributed by atoms with Gasteiger partial charge in [-0.25, -0.2) is 0 Å². The van der Waals surface area contributed by atoms with Gasteiger partial charge in [0.2, 0.25) is 0 Å². The Hall–Kier alpha value is -2.09. The van der Waals surface area contributed by atoms with Gasteiger partial charge in [-0.05, 0) is 74.7 Å². The zero-order chi connectivity index (χ0) is 14.0. The van der Waals surface area contributed by atoms with E-state index in [9.17, 15) is 4.79 Å². The van der Waals surface area contributed by atoms with Gasteiger partial charge in [-0.2, -0.15) is 0 Å². The van der Waals surface area contributed by atoms with Crippen molar-refractivity contribution in [2.75, 3.05) is 0 Å². The summed E-state index contributed by atoms with van der Waals surface area (Å²) in [7, 11) is 0. The lowest BCUT2D eigenvalue weighted by Crippen LogP contribution is -1.94. The number of rotatable bonds is 3. The van der Waals surface area contributed by atoms with Crippen molar-refractivity contribution in [2.24, 2.45) is 0 Å². The fourth-order valence-electron chi connectivity index (χ4n) is 1.99. The highest BCUT2D eigenvalue weighted by Crippen LogP contribution is 2.28. The second-order valence-electron chi connectivity index (χ2n) is 4.89. The fourth-order valence-corrected chi connectivity index (χ4v) is 1.99. The average molecular weight is 254 g/mol. The highest BCUT2D eigenvalue weighted by atomic mass is 16.5. The summed E-state index contributed by atoms with van der Waals surface area (Å²) in [5.74, 6) is 1.68. The maximum atomic E-state index is 11.2. The fraction of sp³-hybridized carbons (Fsp3) is 0.235. The van der Waals surface area contributed by atoms with E-state index in [4.69, 9.17) is 4.74 Å². The van der Waals surface area contributed by atoms with Crippen molar-refractivity contribution in [2.45, 2.75) is 27.7 Å². The Morgan fingerprint density at radius 3 is 2.21 bits per heavy atom. The van der Waals surface area contributed by atoms with Crippen LogP contribution >= 0.6 is 0 Å². The van der Waals surface area contributed by atoms with E-state index in [0.29, 0.717) is 5.56 Å². The Morgan fingerprint density at radius 2 is 1.63 bits per heavy atom. The van der Waals surface area contributed by atoms with Crippen molar-refractivity contribution in [3.05, 3.63) is 58.7 Å². The molecule has 2 aromatic carbocycles. The van der Waals surface area contributed by atoms with Gasteiger partial charge < -0.3 is 4.74 Å². The number of Topliss-reactive ketones (excluding diaryl/α,β-unsaturated/α-hetero) is 1. The topological polar surface area (TPSA) is 26.3 Å². The Balaban J connectivity index is 2.28. The monoisotopic (exact) mass is 254 g/mol. The molecule has 19 heavy (non-hydrogen) atoms. The van der Waals surface area contributed by atoms with E-state index < -0.39 is 0 Å². The first-order chi connectivity index (χ1) is 8.97. The molecule has 0 aliphatic carbocycles. The Bertz CT molecular complexity index is 610. The van der Waals surface area contributed by atoms with Crippen molar-refractivity contribution in [3.63, 3.8) is 0 Å². The molecule has 0 unspecified atom stereocenters. The molecule has 0 aromatic heterocycles. The van der Waals surface area contributed by atoms with Gasteiger partial charge in [0.05, 0.1) is 0 Å². The zero-order valence-electron chi connectivity index (χ0n) is 11.8. The molecular weight excluding hydrogens is 236 g/mol. The molecule has 0 heterocycles. The Labute approximate surface area is 114 Å². The van der Waals surface area contributed by atoms with E-state index in [-0.39, 0.29) is 5.78 Å². The summed E-state index contributed by atoms with van der Waals surface area (Å²) < 4.78 is 5.89. The predicted octanol–water partition coefficient (Wildman–Crippen LogP) is 4.61. The van der Waals surface area contributed by atoms with E-state index in [1.165, 1.54) is 11.1 Å². The molecule has 0 amide bonds. The van der Waals surface area contributed by atoms with Gasteiger partial charge in [0.1, 0.15) is 11.5 Å². The van der Waals surface area contributed by atoms with Gasteiger partial charge in [-0.3, -0.25) is 4.79 Å². The largest absolute Gasteiger partial charge is 0.457 e. The SMILES string of the molecule is CC(=O)c1ccc(Oc2cc(C)cc(C)c2C)cc1. The van der Waals surface area contributed by atoms with Crippen molar-refractivity contribution in [1.82, 2.24) is 0 Å². The molecule has 0 radical (unpaired) electrons. The first-order valence-corrected chi connectivity index (χ1v) is 6.34. The van der Waals surface area contributed by atoms with Gasteiger partial charge in [-0.1, -0.05) is 6.07 Å². The van der Waals surface area contributed by atoms with E-state index in [0.717, 1.165) is 17.1 Å². The molecule has 2 nitrogen and oxygen atoms in total. The number of carbonyl (C=O) groups excluding carboxylic acids is 1. The normalized spacial score (nSPS) is 10.3. The molecule has 0 aliphatic rings. The van der Waals surface area contributed by atoms with Gasteiger partial charge in [0.15, 0.2) is 5.78 Å². The van der Waals surface area contributed by atoms with Crippen LogP contribution in [0.25, 0.3) is 0 Å². The van der Waals surface area contributed by atoms with E-state index in [1.807, 2.05) is 25.1 Å². The quantitative estimate of drug-likeness (QED) is 0.748. The second-order valence-corrected chi connectivity index (χ2v) is 4.89. The van der Waals surface area contributed by atoms with Gasteiger partial charge >= 0.3 is 0 Å². The van der Waals surface area contributed by atoms with Gasteiger partial charge in [0.25, 0.3) is 0 Å². The van der Waals surface area contributed by atoms with Crippen molar-refractivity contribution < 1.29 is 9.53 Å². The summed E-state index contributed by atoms with van der Waals surface area (Å²) in [6, 6.07) is 11.4. The van der Waals surface area contributed by atoms with Crippen LogP contribution in [0.3, 0.4) is 0 Å². The average Bonchev–Trinajstić information content (AvgIpc) is 2.36. The lowest BCUT2D eigenvalue weighted by Gasteiger charge is -2.12. The number of hydrogen-bond donors (Lipinski definition) is 0. The summed E-state index contributed by atoms with van der Waals surface area (Å²) >= 11 is 0. The minimum atomic E-state index is 0.0640. The van der Waals surface area contributed by atoms with Gasteiger partial charge in [0, 0.05) is 5.56 Å². The molecule has 2 rings (SSSR count). The Morgan fingerprint density at radius 1 is 1.00 bits per heavy atom. The highest BCUT2D eigenvalue weighted by Gasteiger charge is 2.06. The lowest BCUT2D eigenvalue weighted by molar-refractivity contribution is 0.101. The van der Waals surface area contributed by atoms with Crippen LogP contribution in [0, 0.1) is 20.8 Å². The molecule has 0 N–H and O–H groups in total. The molecule has 0 bridgehead atoms. The molecule has 0 saturated carbocycles. The molecule has 0 spiro atoms. The second kappa shape index (κ2) is 5.27. The third kappa shape index (κ3) is 3.02. The molecular formula is C17H18O2. The number of hydrogen-bond acceptors (Lipinski definition) is 2. The molecule has 2 aromatic rings.